The van der Waals surface area contributed by atoms with E-state index in [-0.39, 0.29) is 5.71 Å². The molecule has 0 atom stereocenters. The molecule has 132 valence electrons. The highest BCUT2D eigenvalue weighted by Gasteiger charge is 2.11. The second-order valence-electron chi connectivity index (χ2n) is 5.84. The van der Waals surface area contributed by atoms with E-state index in [4.69, 9.17) is 10.5 Å². The first-order valence-electron chi connectivity index (χ1n) is 8.18. The molecular weight excluding hydrogens is 316 g/mol. The number of aryl methyl sites for hydroxylation is 2. The van der Waals surface area contributed by atoms with E-state index in [1.54, 1.807) is 0 Å². The van der Waals surface area contributed by atoms with Crippen molar-refractivity contribution in [3.63, 3.8) is 0 Å². The summed E-state index contributed by atoms with van der Waals surface area (Å²) in [5.41, 5.74) is 10.1. The summed E-state index contributed by atoms with van der Waals surface area (Å²) in [5, 5.41) is 3.69. The van der Waals surface area contributed by atoms with Crippen LogP contribution in [0.2, 0.25) is 0 Å². The standard InChI is InChI=1S/C20H24N2O3/c1-14-7-6-10-19(15(14)2)25-13-17-9-5-4-8-16(17)11-12-18(20(21)23)22-24-3/h4-10H,11-13H2,1-3H3,(H2,21,23). The summed E-state index contributed by atoms with van der Waals surface area (Å²) < 4.78 is 6.00. The Morgan fingerprint density at radius 1 is 1.08 bits per heavy atom. The Hall–Kier alpha value is -2.82. The van der Waals surface area contributed by atoms with Crippen LogP contribution in [0.3, 0.4) is 0 Å². The minimum Gasteiger partial charge on any atom is -0.489 e. The highest BCUT2D eigenvalue weighted by molar-refractivity contribution is 6.38. The lowest BCUT2D eigenvalue weighted by atomic mass is 10.0. The van der Waals surface area contributed by atoms with Gasteiger partial charge in [-0.25, -0.2) is 0 Å². The number of ether oxygens (including phenoxy) is 1. The van der Waals surface area contributed by atoms with Crippen molar-refractivity contribution in [1.82, 2.24) is 0 Å². The van der Waals surface area contributed by atoms with Gasteiger partial charge in [-0.15, -0.1) is 0 Å². The van der Waals surface area contributed by atoms with Crippen LogP contribution in [0.4, 0.5) is 0 Å². The number of rotatable bonds is 8. The molecule has 0 fully saturated rings. The molecule has 0 spiro atoms. The van der Waals surface area contributed by atoms with Gasteiger partial charge in [0.1, 0.15) is 25.2 Å². The van der Waals surface area contributed by atoms with Crippen LogP contribution in [0, 0.1) is 13.8 Å². The maximum absolute atomic E-state index is 11.4. The topological polar surface area (TPSA) is 73.9 Å². The zero-order valence-corrected chi connectivity index (χ0v) is 14.9. The molecule has 2 aromatic carbocycles. The largest absolute Gasteiger partial charge is 0.489 e. The fourth-order valence-corrected chi connectivity index (χ4v) is 2.56. The van der Waals surface area contributed by atoms with Crippen molar-refractivity contribution in [3.8, 4) is 5.75 Å². The van der Waals surface area contributed by atoms with Gasteiger partial charge in [0.05, 0.1) is 0 Å². The van der Waals surface area contributed by atoms with Crippen molar-refractivity contribution in [2.75, 3.05) is 7.11 Å². The van der Waals surface area contributed by atoms with E-state index in [9.17, 15) is 4.79 Å². The molecule has 0 saturated carbocycles. The quantitative estimate of drug-likeness (QED) is 0.592. The van der Waals surface area contributed by atoms with Gasteiger partial charge in [0, 0.05) is 6.42 Å². The van der Waals surface area contributed by atoms with Crippen LogP contribution >= 0.6 is 0 Å². The molecule has 0 saturated heterocycles. The van der Waals surface area contributed by atoms with Gasteiger partial charge in [-0.1, -0.05) is 41.6 Å². The Bertz CT molecular complexity index is 769. The third kappa shape index (κ3) is 5.08. The van der Waals surface area contributed by atoms with Crippen molar-refractivity contribution in [1.29, 1.82) is 0 Å². The van der Waals surface area contributed by atoms with Gasteiger partial charge >= 0.3 is 0 Å². The maximum Gasteiger partial charge on any atom is 0.266 e. The first-order valence-corrected chi connectivity index (χ1v) is 8.18. The van der Waals surface area contributed by atoms with Gasteiger partial charge < -0.3 is 15.3 Å². The number of benzene rings is 2. The average molecular weight is 340 g/mol. The second-order valence-corrected chi connectivity index (χ2v) is 5.84. The predicted octanol–water partition coefficient (Wildman–Crippen LogP) is 3.30. The van der Waals surface area contributed by atoms with Crippen molar-refractivity contribution >= 4 is 11.6 Å². The zero-order valence-electron chi connectivity index (χ0n) is 14.9. The molecule has 2 N–H and O–H groups in total. The molecule has 0 aliphatic heterocycles. The molecule has 25 heavy (non-hydrogen) atoms. The molecule has 0 heterocycles. The van der Waals surface area contributed by atoms with E-state index >= 15 is 0 Å². The van der Waals surface area contributed by atoms with Gasteiger partial charge in [0.25, 0.3) is 5.91 Å². The first-order chi connectivity index (χ1) is 12.0. The third-order valence-corrected chi connectivity index (χ3v) is 4.17. The van der Waals surface area contributed by atoms with E-state index in [2.05, 4.69) is 29.9 Å². The van der Waals surface area contributed by atoms with Crippen LogP contribution in [0.1, 0.15) is 28.7 Å². The summed E-state index contributed by atoms with van der Waals surface area (Å²) in [4.78, 5) is 16.0. The van der Waals surface area contributed by atoms with Gasteiger partial charge in [0.15, 0.2) is 0 Å². The summed E-state index contributed by atoms with van der Waals surface area (Å²) in [5.74, 6) is 0.319. The lowest BCUT2D eigenvalue weighted by Crippen LogP contribution is -2.24. The smallest absolute Gasteiger partial charge is 0.266 e. The molecule has 0 radical (unpaired) electrons. The van der Waals surface area contributed by atoms with Crippen LogP contribution in [-0.4, -0.2) is 18.7 Å². The van der Waals surface area contributed by atoms with E-state index in [1.807, 2.05) is 36.4 Å². The predicted molar refractivity (Wildman–Crippen MR) is 98.6 cm³/mol. The molecule has 5 heteroatoms. The molecule has 0 unspecified atom stereocenters. The number of primary amides is 1. The van der Waals surface area contributed by atoms with Crippen molar-refractivity contribution in [3.05, 3.63) is 64.7 Å². The third-order valence-electron chi connectivity index (χ3n) is 4.17. The summed E-state index contributed by atoms with van der Waals surface area (Å²) in [6, 6.07) is 14.0. The number of amides is 1. The van der Waals surface area contributed by atoms with E-state index in [0.29, 0.717) is 19.4 Å². The Kier molecular flexibility index (Phi) is 6.57. The van der Waals surface area contributed by atoms with Crippen molar-refractivity contribution in [2.24, 2.45) is 10.9 Å². The maximum atomic E-state index is 11.4. The lowest BCUT2D eigenvalue weighted by Gasteiger charge is -2.13. The summed E-state index contributed by atoms with van der Waals surface area (Å²) >= 11 is 0. The van der Waals surface area contributed by atoms with Crippen molar-refractivity contribution in [2.45, 2.75) is 33.3 Å². The Labute approximate surface area is 148 Å². The summed E-state index contributed by atoms with van der Waals surface area (Å²) in [6.07, 6.45) is 1.06. The molecule has 0 aliphatic rings. The van der Waals surface area contributed by atoms with Crippen LogP contribution in [0.5, 0.6) is 5.75 Å². The summed E-state index contributed by atoms with van der Waals surface area (Å²) in [7, 11) is 1.40. The van der Waals surface area contributed by atoms with Gasteiger partial charge in [-0.05, 0) is 48.6 Å². The fraction of sp³-hybridized carbons (Fsp3) is 0.300. The number of hydrogen-bond acceptors (Lipinski definition) is 4. The Morgan fingerprint density at radius 2 is 1.80 bits per heavy atom. The van der Waals surface area contributed by atoms with Gasteiger partial charge in [0.2, 0.25) is 0 Å². The van der Waals surface area contributed by atoms with Gasteiger partial charge in [-0.2, -0.15) is 0 Å². The van der Waals surface area contributed by atoms with E-state index in [1.165, 1.54) is 12.7 Å². The normalized spacial score (nSPS) is 11.2. The number of nitrogens with two attached hydrogens (primary N) is 1. The Morgan fingerprint density at radius 3 is 2.48 bits per heavy atom. The van der Waals surface area contributed by atoms with Crippen LogP contribution < -0.4 is 10.5 Å². The minimum absolute atomic E-state index is 0.229. The Balaban J connectivity index is 2.09. The molecule has 2 aromatic rings. The van der Waals surface area contributed by atoms with Crippen LogP contribution in [0.25, 0.3) is 0 Å². The molecule has 0 aromatic heterocycles. The number of nitrogens with zero attached hydrogens (tertiary/aromatic N) is 1. The number of carbonyl (C=O) groups excluding carboxylic acids is 1. The monoisotopic (exact) mass is 340 g/mol. The second kappa shape index (κ2) is 8.87. The van der Waals surface area contributed by atoms with Crippen molar-refractivity contribution < 1.29 is 14.4 Å². The molecule has 2 rings (SSSR count). The zero-order chi connectivity index (χ0) is 18.2. The van der Waals surface area contributed by atoms with Crippen LogP contribution in [-0.2, 0) is 22.7 Å². The summed E-state index contributed by atoms with van der Waals surface area (Å²) in [6.45, 7) is 4.58. The number of hydrogen-bond donors (Lipinski definition) is 1. The molecule has 5 nitrogen and oxygen atoms in total. The molecule has 0 bridgehead atoms. The number of oxime groups is 1. The minimum atomic E-state index is -0.564. The van der Waals surface area contributed by atoms with Crippen LogP contribution in [0.15, 0.2) is 47.6 Å². The van der Waals surface area contributed by atoms with E-state index in [0.717, 1.165) is 22.4 Å². The van der Waals surface area contributed by atoms with E-state index < -0.39 is 5.91 Å². The molecule has 1 amide bonds. The SMILES string of the molecule is CON=C(CCc1ccccc1COc1cccc(C)c1C)C(N)=O. The highest BCUT2D eigenvalue weighted by Crippen LogP contribution is 2.22. The van der Waals surface area contributed by atoms with Gasteiger partial charge in [-0.3, -0.25) is 4.79 Å². The lowest BCUT2D eigenvalue weighted by molar-refractivity contribution is -0.112. The number of carbonyl (C=O) groups is 1. The fourth-order valence-electron chi connectivity index (χ4n) is 2.56. The highest BCUT2D eigenvalue weighted by atomic mass is 16.6. The molecule has 0 aliphatic carbocycles. The first kappa shape index (κ1) is 18.5. The average Bonchev–Trinajstić information content (AvgIpc) is 2.60. The molecular formula is C20H24N2O3.